The molecule has 0 saturated carbocycles. The van der Waals surface area contributed by atoms with Crippen LogP contribution in [0.1, 0.15) is 53.2 Å². The molecular weight excluding hydrogens is 267 g/mol. The molecule has 0 N–H and O–H groups in total. The van der Waals surface area contributed by atoms with Gasteiger partial charge in [-0.15, -0.1) is 0 Å². The molecule has 1 aromatic rings. The monoisotopic (exact) mass is 290 g/mol. The average Bonchev–Trinajstić information content (AvgIpc) is 2.58. The number of carbonyl (C=O) groups is 1. The molecule has 1 aromatic carbocycles. The van der Waals surface area contributed by atoms with Gasteiger partial charge in [0, 0.05) is 6.92 Å². The molecule has 2 rings (SSSR count). The summed E-state index contributed by atoms with van der Waals surface area (Å²) < 4.78 is 17.2. The van der Waals surface area contributed by atoms with E-state index in [1.54, 1.807) is 0 Å². The van der Waals surface area contributed by atoms with E-state index in [0.717, 1.165) is 11.0 Å². The van der Waals surface area contributed by atoms with Crippen molar-refractivity contribution in [2.45, 2.75) is 58.8 Å². The molecule has 4 nitrogen and oxygen atoms in total. The minimum atomic E-state index is -0.368. The summed E-state index contributed by atoms with van der Waals surface area (Å²) in [5.41, 5.74) is 1.22. The molecule has 1 aliphatic rings. The second kappa shape index (κ2) is 5.46. The number of benzene rings is 1. The molecule has 0 bridgehead atoms. The van der Waals surface area contributed by atoms with Crippen molar-refractivity contribution in [1.82, 2.24) is 0 Å². The van der Waals surface area contributed by atoms with Gasteiger partial charge in [0.05, 0.1) is 11.2 Å². The van der Waals surface area contributed by atoms with Crippen molar-refractivity contribution < 1.29 is 18.8 Å². The maximum Gasteiger partial charge on any atom is 0.494 e. The molecule has 1 fully saturated rings. The van der Waals surface area contributed by atoms with E-state index < -0.39 is 0 Å². The lowest BCUT2D eigenvalue weighted by molar-refractivity contribution is -0.145. The van der Waals surface area contributed by atoms with Crippen LogP contribution in [-0.2, 0) is 18.8 Å². The predicted octanol–water partition coefficient (Wildman–Crippen LogP) is 2.61. The van der Waals surface area contributed by atoms with E-state index >= 15 is 0 Å². The zero-order valence-electron chi connectivity index (χ0n) is 13.6. The van der Waals surface area contributed by atoms with Crippen LogP contribution < -0.4 is 5.46 Å². The molecule has 0 aromatic heterocycles. The third kappa shape index (κ3) is 3.30. The fourth-order valence-corrected chi connectivity index (χ4v) is 2.22. The number of ether oxygens (including phenoxy) is 1. The van der Waals surface area contributed by atoms with Crippen molar-refractivity contribution in [2.24, 2.45) is 0 Å². The van der Waals surface area contributed by atoms with Crippen molar-refractivity contribution in [3.05, 3.63) is 29.8 Å². The molecule has 21 heavy (non-hydrogen) atoms. The van der Waals surface area contributed by atoms with Crippen LogP contribution in [0.4, 0.5) is 0 Å². The summed E-state index contributed by atoms with van der Waals surface area (Å²) >= 11 is 0. The van der Waals surface area contributed by atoms with Crippen LogP contribution in [0.2, 0.25) is 0 Å². The minimum Gasteiger partial charge on any atom is -0.458 e. The smallest absolute Gasteiger partial charge is 0.458 e. The lowest BCUT2D eigenvalue weighted by atomic mass is 9.78. The third-order valence-electron chi connectivity index (χ3n) is 4.27. The van der Waals surface area contributed by atoms with Gasteiger partial charge in [-0.25, -0.2) is 0 Å². The standard InChI is InChI=1S/C16H23BO4/c1-11(19-12(2)18)13-7-9-14(10-8-13)17-20-15(3,4)16(5,6)21-17/h7-11H,1-6H3. The molecule has 1 unspecified atom stereocenters. The van der Waals surface area contributed by atoms with Crippen LogP contribution in [-0.4, -0.2) is 24.3 Å². The van der Waals surface area contributed by atoms with Crippen molar-refractivity contribution in [1.29, 1.82) is 0 Å². The SMILES string of the molecule is CC(=O)OC(C)c1ccc(B2OC(C)(C)C(C)(C)O2)cc1. The van der Waals surface area contributed by atoms with E-state index in [1.807, 2.05) is 58.9 Å². The minimum absolute atomic E-state index is 0.255. The number of hydrogen-bond acceptors (Lipinski definition) is 4. The summed E-state index contributed by atoms with van der Waals surface area (Å²) in [6, 6.07) is 7.79. The van der Waals surface area contributed by atoms with Gasteiger partial charge in [-0.1, -0.05) is 24.3 Å². The zero-order valence-corrected chi connectivity index (χ0v) is 13.6. The van der Waals surface area contributed by atoms with Gasteiger partial charge in [0.15, 0.2) is 0 Å². The van der Waals surface area contributed by atoms with Crippen molar-refractivity contribution in [3.63, 3.8) is 0 Å². The largest absolute Gasteiger partial charge is 0.494 e. The first-order valence-electron chi connectivity index (χ1n) is 7.25. The highest BCUT2D eigenvalue weighted by Crippen LogP contribution is 2.36. The van der Waals surface area contributed by atoms with Crippen LogP contribution in [0.25, 0.3) is 0 Å². The molecule has 114 valence electrons. The first-order valence-corrected chi connectivity index (χ1v) is 7.25. The maximum absolute atomic E-state index is 11.0. The number of rotatable bonds is 3. The van der Waals surface area contributed by atoms with Crippen LogP contribution in [0.5, 0.6) is 0 Å². The highest BCUT2D eigenvalue weighted by Gasteiger charge is 2.51. The van der Waals surface area contributed by atoms with Gasteiger partial charge in [-0.2, -0.15) is 0 Å². The quantitative estimate of drug-likeness (QED) is 0.634. The van der Waals surface area contributed by atoms with Crippen molar-refractivity contribution in [3.8, 4) is 0 Å². The van der Waals surface area contributed by atoms with Crippen LogP contribution in [0.3, 0.4) is 0 Å². The van der Waals surface area contributed by atoms with E-state index in [1.165, 1.54) is 6.92 Å². The molecule has 1 heterocycles. The Morgan fingerprint density at radius 1 is 1.10 bits per heavy atom. The van der Waals surface area contributed by atoms with Crippen LogP contribution in [0.15, 0.2) is 24.3 Å². The lowest BCUT2D eigenvalue weighted by Crippen LogP contribution is -2.41. The number of esters is 1. The molecular formula is C16H23BO4. The molecule has 1 aliphatic heterocycles. The molecule has 0 amide bonds. The molecule has 0 radical (unpaired) electrons. The summed E-state index contributed by atoms with van der Waals surface area (Å²) in [6.07, 6.45) is -0.255. The van der Waals surface area contributed by atoms with E-state index in [9.17, 15) is 4.79 Å². The summed E-state index contributed by atoms with van der Waals surface area (Å²) in [6.45, 7) is 11.4. The van der Waals surface area contributed by atoms with Gasteiger partial charge in [0.1, 0.15) is 6.10 Å². The Labute approximate surface area is 126 Å². The van der Waals surface area contributed by atoms with Gasteiger partial charge in [0.25, 0.3) is 0 Å². The first-order chi connectivity index (χ1) is 9.62. The Hall–Kier alpha value is -1.33. The summed E-state index contributed by atoms with van der Waals surface area (Å²) in [7, 11) is -0.368. The van der Waals surface area contributed by atoms with E-state index in [2.05, 4.69) is 0 Å². The zero-order chi connectivity index (χ0) is 15.8. The van der Waals surface area contributed by atoms with Gasteiger partial charge < -0.3 is 14.0 Å². The maximum atomic E-state index is 11.0. The van der Waals surface area contributed by atoms with Crippen molar-refractivity contribution >= 4 is 18.6 Å². The Kier molecular flexibility index (Phi) is 4.18. The highest BCUT2D eigenvalue weighted by molar-refractivity contribution is 6.62. The third-order valence-corrected chi connectivity index (χ3v) is 4.27. The Morgan fingerprint density at radius 3 is 2.00 bits per heavy atom. The molecule has 1 atom stereocenters. The fraction of sp³-hybridized carbons (Fsp3) is 0.562. The lowest BCUT2D eigenvalue weighted by Gasteiger charge is -2.32. The highest BCUT2D eigenvalue weighted by atomic mass is 16.7. The van der Waals surface area contributed by atoms with Gasteiger partial charge in [0.2, 0.25) is 0 Å². The van der Waals surface area contributed by atoms with E-state index in [4.69, 9.17) is 14.0 Å². The molecule has 5 heteroatoms. The van der Waals surface area contributed by atoms with Crippen LogP contribution in [0, 0.1) is 0 Å². The van der Waals surface area contributed by atoms with E-state index in [0.29, 0.717) is 0 Å². The second-order valence-electron chi connectivity index (χ2n) is 6.51. The number of hydrogen-bond donors (Lipinski definition) is 0. The van der Waals surface area contributed by atoms with Gasteiger partial charge in [-0.05, 0) is 45.6 Å². The van der Waals surface area contributed by atoms with Crippen LogP contribution >= 0.6 is 0 Å². The summed E-state index contributed by atoms with van der Waals surface area (Å²) in [5, 5.41) is 0. The topological polar surface area (TPSA) is 44.8 Å². The average molecular weight is 290 g/mol. The fourth-order valence-electron chi connectivity index (χ4n) is 2.22. The summed E-state index contributed by atoms with van der Waals surface area (Å²) in [4.78, 5) is 11.0. The first kappa shape index (κ1) is 16.1. The normalized spacial score (nSPS) is 21.1. The van der Waals surface area contributed by atoms with Gasteiger partial charge >= 0.3 is 13.1 Å². The van der Waals surface area contributed by atoms with Gasteiger partial charge in [-0.3, -0.25) is 4.79 Å². The van der Waals surface area contributed by atoms with Crippen molar-refractivity contribution in [2.75, 3.05) is 0 Å². The molecule has 1 saturated heterocycles. The summed E-state index contributed by atoms with van der Waals surface area (Å²) in [5.74, 6) is -0.280. The Bertz CT molecular complexity index is 506. The Balaban J connectivity index is 2.12. The predicted molar refractivity (Wildman–Crippen MR) is 82.3 cm³/mol. The number of carbonyl (C=O) groups excluding carboxylic acids is 1. The second-order valence-corrected chi connectivity index (χ2v) is 6.51. The van der Waals surface area contributed by atoms with E-state index in [-0.39, 0.29) is 30.4 Å². The Morgan fingerprint density at radius 2 is 1.57 bits per heavy atom. The molecule has 0 spiro atoms. The molecule has 0 aliphatic carbocycles.